The van der Waals surface area contributed by atoms with E-state index in [4.69, 9.17) is 9.47 Å². The zero-order chi connectivity index (χ0) is 22.1. The smallest absolute Gasteiger partial charge is 0.420 e. The Morgan fingerprint density at radius 1 is 1.07 bits per heavy atom. The number of fused-ring (bicyclic) bond motifs is 1. The number of amides is 2. The minimum absolute atomic E-state index is 0.229. The molecule has 0 atom stereocenters. The molecule has 0 fully saturated rings. The first-order valence-electron chi connectivity index (χ1n) is 9.09. The Labute approximate surface area is 177 Å². The molecule has 0 saturated heterocycles. The average Bonchev–Trinajstić information content (AvgIpc) is 2.49. The van der Waals surface area contributed by atoms with E-state index in [0.29, 0.717) is 16.5 Å². The fraction of sp³-hybridized carbons (Fsp3) is 0.500. The summed E-state index contributed by atoms with van der Waals surface area (Å²) < 4.78 is 11.5. The van der Waals surface area contributed by atoms with Crippen LogP contribution < -0.4 is 5.56 Å². The van der Waals surface area contributed by atoms with Crippen molar-refractivity contribution in [2.45, 2.75) is 66.2 Å². The summed E-state index contributed by atoms with van der Waals surface area (Å²) >= 11 is 3.41. The molecule has 0 spiro atoms. The van der Waals surface area contributed by atoms with E-state index in [9.17, 15) is 14.4 Å². The topological polar surface area (TPSA) is 102 Å². The molecule has 8 nitrogen and oxygen atoms in total. The number of rotatable bonds is 2. The summed E-state index contributed by atoms with van der Waals surface area (Å²) in [5.41, 5.74) is -0.898. The highest BCUT2D eigenvalue weighted by molar-refractivity contribution is 9.10. The van der Waals surface area contributed by atoms with Crippen LogP contribution in [0.25, 0.3) is 10.8 Å². The molecule has 0 aliphatic carbocycles. The number of aromatic nitrogens is 2. The van der Waals surface area contributed by atoms with E-state index < -0.39 is 23.4 Å². The molecule has 0 bridgehead atoms. The van der Waals surface area contributed by atoms with Gasteiger partial charge in [-0.2, -0.15) is 5.10 Å². The quantitative estimate of drug-likeness (QED) is 0.688. The van der Waals surface area contributed by atoms with E-state index in [1.807, 2.05) is 0 Å². The van der Waals surface area contributed by atoms with Crippen molar-refractivity contribution < 1.29 is 19.1 Å². The van der Waals surface area contributed by atoms with E-state index in [1.165, 1.54) is 0 Å². The number of imide groups is 1. The van der Waals surface area contributed by atoms with E-state index in [1.54, 1.807) is 60.6 Å². The molecule has 1 aromatic heterocycles. The molecule has 0 aliphatic rings. The summed E-state index contributed by atoms with van der Waals surface area (Å²) in [6.07, 6.45) is -1.72. The van der Waals surface area contributed by atoms with Crippen molar-refractivity contribution in [3.8, 4) is 0 Å². The Bertz CT molecular complexity index is 974. The standard InChI is InChI=1S/C20H26BrN3O5/c1-11-8-12(21)9-13-14(22-23-16(25)15(11)13)10-24(17(26)28-19(2,3)4)18(27)29-20(5,6)7/h8-9H,10H2,1-7H3,(H,23,25). The Balaban J connectivity index is 2.53. The van der Waals surface area contributed by atoms with Gasteiger partial charge >= 0.3 is 12.2 Å². The molecule has 0 aliphatic heterocycles. The molecule has 9 heteroatoms. The van der Waals surface area contributed by atoms with Crippen LogP contribution in [0.3, 0.4) is 0 Å². The molecule has 2 aromatic rings. The molecule has 0 unspecified atom stereocenters. The van der Waals surface area contributed by atoms with Gasteiger partial charge in [-0.05, 0) is 66.2 Å². The van der Waals surface area contributed by atoms with Crippen LogP contribution in [0.5, 0.6) is 0 Å². The van der Waals surface area contributed by atoms with E-state index in [-0.39, 0.29) is 12.1 Å². The number of ether oxygens (including phenoxy) is 2. The van der Waals surface area contributed by atoms with Gasteiger partial charge in [-0.25, -0.2) is 19.6 Å². The summed E-state index contributed by atoms with van der Waals surface area (Å²) in [6, 6.07) is 3.53. The highest BCUT2D eigenvalue weighted by atomic mass is 79.9. The monoisotopic (exact) mass is 467 g/mol. The van der Waals surface area contributed by atoms with Gasteiger partial charge in [-0.3, -0.25) is 4.79 Å². The van der Waals surface area contributed by atoms with Crippen LogP contribution in [0.15, 0.2) is 21.4 Å². The zero-order valence-corrected chi connectivity index (χ0v) is 19.3. The number of carbonyl (C=O) groups excluding carboxylic acids is 2. The highest BCUT2D eigenvalue weighted by Gasteiger charge is 2.32. The summed E-state index contributed by atoms with van der Waals surface area (Å²) in [4.78, 5) is 38.5. The third kappa shape index (κ3) is 6.03. The van der Waals surface area contributed by atoms with Crippen LogP contribution in [0.2, 0.25) is 0 Å². The minimum atomic E-state index is -0.861. The maximum absolute atomic E-state index is 12.7. The van der Waals surface area contributed by atoms with Crippen LogP contribution in [0.4, 0.5) is 9.59 Å². The summed E-state index contributed by atoms with van der Waals surface area (Å²) in [6.45, 7) is 11.8. The Kier molecular flexibility index (Phi) is 6.42. The number of nitrogens with zero attached hydrogens (tertiary/aromatic N) is 2. The summed E-state index contributed by atoms with van der Waals surface area (Å²) in [7, 11) is 0. The SMILES string of the molecule is Cc1cc(Br)cc2c(CN(C(=O)OC(C)(C)C)C(=O)OC(C)(C)C)n[nH]c(=O)c12. The Hall–Kier alpha value is -2.42. The number of aryl methyl sites for hydroxylation is 1. The number of nitrogens with one attached hydrogen (secondary N) is 1. The molecule has 2 rings (SSSR count). The number of benzene rings is 1. The predicted molar refractivity (Wildman–Crippen MR) is 113 cm³/mol. The van der Waals surface area contributed by atoms with Gasteiger partial charge in [0.05, 0.1) is 17.6 Å². The van der Waals surface area contributed by atoms with Gasteiger partial charge < -0.3 is 9.47 Å². The molecular formula is C20H26BrN3O5. The molecule has 0 saturated carbocycles. The van der Waals surface area contributed by atoms with Gasteiger partial charge in [-0.15, -0.1) is 0 Å². The number of aromatic amines is 1. The largest absolute Gasteiger partial charge is 0.443 e. The fourth-order valence-corrected chi connectivity index (χ4v) is 3.19. The van der Waals surface area contributed by atoms with Crippen LogP contribution in [-0.2, 0) is 16.0 Å². The first-order valence-corrected chi connectivity index (χ1v) is 9.88. The van der Waals surface area contributed by atoms with E-state index in [0.717, 1.165) is 14.9 Å². The maximum atomic E-state index is 12.7. The molecule has 29 heavy (non-hydrogen) atoms. The van der Waals surface area contributed by atoms with Crippen LogP contribution in [-0.4, -0.2) is 38.5 Å². The summed E-state index contributed by atoms with van der Waals surface area (Å²) in [5.74, 6) is 0. The highest BCUT2D eigenvalue weighted by Crippen LogP contribution is 2.25. The van der Waals surface area contributed by atoms with Crippen molar-refractivity contribution in [1.29, 1.82) is 0 Å². The van der Waals surface area contributed by atoms with Crippen LogP contribution in [0, 0.1) is 6.92 Å². The van der Waals surface area contributed by atoms with Crippen molar-refractivity contribution in [3.05, 3.63) is 38.2 Å². The van der Waals surface area contributed by atoms with Crippen molar-refractivity contribution in [1.82, 2.24) is 15.1 Å². The number of carbonyl (C=O) groups is 2. The zero-order valence-electron chi connectivity index (χ0n) is 17.7. The molecule has 2 amide bonds. The lowest BCUT2D eigenvalue weighted by molar-refractivity contribution is -0.000425. The number of H-pyrrole nitrogens is 1. The van der Waals surface area contributed by atoms with E-state index >= 15 is 0 Å². The van der Waals surface area contributed by atoms with Gasteiger partial charge in [0, 0.05) is 9.86 Å². The van der Waals surface area contributed by atoms with Gasteiger partial charge in [0.1, 0.15) is 11.2 Å². The fourth-order valence-electron chi connectivity index (χ4n) is 2.61. The summed E-state index contributed by atoms with van der Waals surface area (Å²) in [5, 5.41) is 7.46. The molecule has 1 N–H and O–H groups in total. The average molecular weight is 468 g/mol. The number of hydrogen-bond donors (Lipinski definition) is 1. The van der Waals surface area contributed by atoms with Crippen molar-refractivity contribution in [3.63, 3.8) is 0 Å². The second-order valence-electron chi connectivity index (χ2n) is 8.69. The lowest BCUT2D eigenvalue weighted by atomic mass is 10.1. The van der Waals surface area contributed by atoms with Crippen molar-refractivity contribution >= 4 is 38.9 Å². The van der Waals surface area contributed by atoms with Crippen molar-refractivity contribution in [2.24, 2.45) is 0 Å². The Morgan fingerprint density at radius 3 is 2.07 bits per heavy atom. The lowest BCUT2D eigenvalue weighted by Gasteiger charge is -2.28. The van der Waals surface area contributed by atoms with E-state index in [2.05, 4.69) is 26.1 Å². The van der Waals surface area contributed by atoms with Gasteiger partial charge in [-0.1, -0.05) is 15.9 Å². The maximum Gasteiger partial charge on any atom is 0.420 e. The normalized spacial score (nSPS) is 12.0. The second-order valence-corrected chi connectivity index (χ2v) is 9.61. The van der Waals surface area contributed by atoms with Crippen molar-refractivity contribution in [2.75, 3.05) is 0 Å². The molecule has 1 aromatic carbocycles. The van der Waals surface area contributed by atoms with Gasteiger partial charge in [0.25, 0.3) is 5.56 Å². The third-order valence-electron chi connectivity index (χ3n) is 3.67. The minimum Gasteiger partial charge on any atom is -0.443 e. The van der Waals surface area contributed by atoms with Gasteiger partial charge in [0.15, 0.2) is 0 Å². The van der Waals surface area contributed by atoms with Gasteiger partial charge in [0.2, 0.25) is 0 Å². The third-order valence-corrected chi connectivity index (χ3v) is 4.12. The first-order chi connectivity index (χ1) is 13.2. The Morgan fingerprint density at radius 2 is 1.59 bits per heavy atom. The molecular weight excluding hydrogens is 442 g/mol. The first kappa shape index (κ1) is 22.9. The molecule has 1 heterocycles. The molecule has 0 radical (unpaired) electrons. The number of halogens is 1. The van der Waals surface area contributed by atoms with Crippen LogP contribution >= 0.6 is 15.9 Å². The van der Waals surface area contributed by atoms with Crippen LogP contribution in [0.1, 0.15) is 52.8 Å². The number of hydrogen-bond acceptors (Lipinski definition) is 6. The predicted octanol–water partition coefficient (Wildman–Crippen LogP) is 4.67. The second kappa shape index (κ2) is 8.14. The lowest BCUT2D eigenvalue weighted by Crippen LogP contribution is -2.43. The molecule has 158 valence electrons.